The molecular weight excluding hydrogens is 293 g/mol. The van der Waals surface area contributed by atoms with Crippen molar-refractivity contribution in [3.05, 3.63) is 53.7 Å². The summed E-state index contributed by atoms with van der Waals surface area (Å²) in [7, 11) is -1.33. The average molecular weight is 307 g/mol. The molecule has 1 heterocycles. The summed E-state index contributed by atoms with van der Waals surface area (Å²) in [4.78, 5) is 12.3. The van der Waals surface area contributed by atoms with E-state index in [1.807, 2.05) is 0 Å². The number of furan rings is 1. The first-order valence-corrected chi connectivity index (χ1v) is 7.97. The van der Waals surface area contributed by atoms with Gasteiger partial charge < -0.3 is 9.73 Å². The second kappa shape index (κ2) is 5.81. The predicted octanol–water partition coefficient (Wildman–Crippen LogP) is 2.62. The normalized spacial score (nSPS) is 15.7. The summed E-state index contributed by atoms with van der Waals surface area (Å²) in [5.74, 6) is 0.248. The molecule has 1 fully saturated rings. The van der Waals surface area contributed by atoms with E-state index in [-0.39, 0.29) is 29.3 Å². The third kappa shape index (κ3) is 3.58. The number of hydrogen-bond donors (Lipinski definition) is 1. The summed E-state index contributed by atoms with van der Waals surface area (Å²) < 4.78 is 30.3. The van der Waals surface area contributed by atoms with E-state index in [1.165, 1.54) is 24.3 Å². The van der Waals surface area contributed by atoms with E-state index < -0.39 is 10.8 Å². The summed E-state index contributed by atoms with van der Waals surface area (Å²) in [6.45, 7) is 0. The molecule has 4 nitrogen and oxygen atoms in total. The number of carbonyl (C=O) groups excluding carboxylic acids is 1. The van der Waals surface area contributed by atoms with E-state index in [9.17, 15) is 13.4 Å². The van der Waals surface area contributed by atoms with Gasteiger partial charge >= 0.3 is 0 Å². The Labute approximate surface area is 123 Å². The van der Waals surface area contributed by atoms with Gasteiger partial charge in [-0.15, -0.1) is 0 Å². The molecule has 1 aliphatic rings. The van der Waals surface area contributed by atoms with Gasteiger partial charge in [-0.25, -0.2) is 4.39 Å². The Morgan fingerprint density at radius 3 is 2.62 bits per heavy atom. The fraction of sp³-hybridized carbons (Fsp3) is 0.267. The van der Waals surface area contributed by atoms with Gasteiger partial charge in [0.25, 0.3) is 5.91 Å². The van der Waals surface area contributed by atoms with Gasteiger partial charge in [-0.05, 0) is 49.2 Å². The van der Waals surface area contributed by atoms with E-state index >= 15 is 0 Å². The third-order valence-electron chi connectivity index (χ3n) is 3.15. The van der Waals surface area contributed by atoms with Crippen LogP contribution in [0, 0.1) is 5.82 Å². The maximum Gasteiger partial charge on any atom is 0.287 e. The predicted molar refractivity (Wildman–Crippen MR) is 75.7 cm³/mol. The van der Waals surface area contributed by atoms with Crippen molar-refractivity contribution in [1.82, 2.24) is 5.32 Å². The highest BCUT2D eigenvalue weighted by molar-refractivity contribution is 7.84. The molecule has 3 rings (SSSR count). The number of rotatable bonds is 5. The molecule has 0 radical (unpaired) electrons. The number of halogens is 1. The molecular formula is C15H14FNO3S. The Balaban J connectivity index is 1.64. The summed E-state index contributed by atoms with van der Waals surface area (Å²) in [6.07, 6.45) is 2.02. The lowest BCUT2D eigenvalue weighted by atomic mass is 10.4. The Morgan fingerprint density at radius 1 is 1.24 bits per heavy atom. The molecule has 1 amide bonds. The minimum atomic E-state index is -1.33. The third-order valence-corrected chi connectivity index (χ3v) is 4.49. The number of benzene rings is 1. The van der Waals surface area contributed by atoms with Crippen LogP contribution in [0.4, 0.5) is 4.39 Å². The van der Waals surface area contributed by atoms with E-state index in [0.717, 1.165) is 12.8 Å². The second-order valence-corrected chi connectivity index (χ2v) is 6.41. The molecule has 1 aromatic carbocycles. The summed E-state index contributed by atoms with van der Waals surface area (Å²) in [5, 5.41) is 2.82. The summed E-state index contributed by atoms with van der Waals surface area (Å²) >= 11 is 0. The van der Waals surface area contributed by atoms with Crippen LogP contribution >= 0.6 is 0 Å². The van der Waals surface area contributed by atoms with Crippen LogP contribution < -0.4 is 5.32 Å². The van der Waals surface area contributed by atoms with Gasteiger partial charge in [0.2, 0.25) is 0 Å². The molecule has 0 saturated heterocycles. The topological polar surface area (TPSA) is 59.3 Å². The molecule has 1 unspecified atom stereocenters. The molecule has 0 spiro atoms. The van der Waals surface area contributed by atoms with Crippen molar-refractivity contribution in [3.8, 4) is 0 Å². The molecule has 6 heteroatoms. The first kappa shape index (κ1) is 14.0. The van der Waals surface area contributed by atoms with E-state index in [0.29, 0.717) is 10.7 Å². The van der Waals surface area contributed by atoms with Crippen LogP contribution in [0.25, 0.3) is 0 Å². The monoisotopic (exact) mass is 307 g/mol. The van der Waals surface area contributed by atoms with Crippen molar-refractivity contribution in [2.75, 3.05) is 0 Å². The number of carbonyl (C=O) groups is 1. The molecule has 0 bridgehead atoms. The lowest BCUT2D eigenvalue weighted by molar-refractivity contribution is 0.0922. The molecule has 1 atom stereocenters. The number of hydrogen-bond acceptors (Lipinski definition) is 3. The Hall–Kier alpha value is -1.95. The lowest BCUT2D eigenvalue weighted by Gasteiger charge is -2.01. The first-order valence-electron chi connectivity index (χ1n) is 6.65. The van der Waals surface area contributed by atoms with Crippen LogP contribution in [-0.4, -0.2) is 16.2 Å². The van der Waals surface area contributed by atoms with Crippen molar-refractivity contribution in [2.45, 2.75) is 29.5 Å². The molecule has 1 aromatic heterocycles. The Morgan fingerprint density at radius 2 is 1.95 bits per heavy atom. The van der Waals surface area contributed by atoms with Crippen LogP contribution in [0.15, 0.2) is 45.7 Å². The van der Waals surface area contributed by atoms with Gasteiger partial charge in [-0.2, -0.15) is 0 Å². The second-order valence-electron chi connectivity index (χ2n) is 4.96. The van der Waals surface area contributed by atoms with Crippen LogP contribution in [0.1, 0.15) is 29.2 Å². The van der Waals surface area contributed by atoms with Gasteiger partial charge in [0.1, 0.15) is 11.6 Å². The van der Waals surface area contributed by atoms with Crippen molar-refractivity contribution in [2.24, 2.45) is 0 Å². The van der Waals surface area contributed by atoms with Crippen LogP contribution in [0.5, 0.6) is 0 Å². The molecule has 2 aromatic rings. The quantitative estimate of drug-likeness (QED) is 0.923. The van der Waals surface area contributed by atoms with E-state index in [2.05, 4.69) is 5.32 Å². The van der Waals surface area contributed by atoms with Gasteiger partial charge in [0, 0.05) is 10.9 Å². The standard InChI is InChI=1S/C15H14FNO3S/c16-10-1-6-13(7-2-10)21(19)9-12-5-8-14(20-12)15(18)17-11-3-4-11/h1-2,5-8,11H,3-4,9H2,(H,17,18). The Bertz CT molecular complexity index is 676. The zero-order valence-electron chi connectivity index (χ0n) is 11.2. The molecule has 1 saturated carbocycles. The minimum Gasteiger partial charge on any atom is -0.455 e. The summed E-state index contributed by atoms with van der Waals surface area (Å²) in [5.41, 5.74) is 0. The highest BCUT2D eigenvalue weighted by Crippen LogP contribution is 2.20. The molecule has 21 heavy (non-hydrogen) atoms. The van der Waals surface area contributed by atoms with Crippen LogP contribution in [0.3, 0.4) is 0 Å². The number of nitrogens with one attached hydrogen (secondary N) is 1. The smallest absolute Gasteiger partial charge is 0.287 e. The zero-order valence-corrected chi connectivity index (χ0v) is 12.0. The molecule has 1 aliphatic carbocycles. The maximum absolute atomic E-state index is 12.8. The van der Waals surface area contributed by atoms with Crippen molar-refractivity contribution in [3.63, 3.8) is 0 Å². The van der Waals surface area contributed by atoms with Gasteiger partial charge in [0.05, 0.1) is 16.6 Å². The maximum atomic E-state index is 12.8. The molecule has 0 aliphatic heterocycles. The fourth-order valence-electron chi connectivity index (χ4n) is 1.86. The minimum absolute atomic E-state index is 0.155. The van der Waals surface area contributed by atoms with Crippen LogP contribution in [0.2, 0.25) is 0 Å². The highest BCUT2D eigenvalue weighted by Gasteiger charge is 2.25. The largest absolute Gasteiger partial charge is 0.455 e. The summed E-state index contributed by atoms with van der Waals surface area (Å²) in [6, 6.07) is 8.98. The van der Waals surface area contributed by atoms with Gasteiger partial charge in [0.15, 0.2) is 5.76 Å². The highest BCUT2D eigenvalue weighted by atomic mass is 32.2. The van der Waals surface area contributed by atoms with Gasteiger partial charge in [-0.1, -0.05) is 0 Å². The van der Waals surface area contributed by atoms with Crippen molar-refractivity contribution >= 4 is 16.7 Å². The number of amides is 1. The van der Waals surface area contributed by atoms with Crippen LogP contribution in [-0.2, 0) is 16.6 Å². The average Bonchev–Trinajstić information content (AvgIpc) is 3.15. The SMILES string of the molecule is O=C(NC1CC1)c1ccc(CS(=O)c2ccc(F)cc2)o1. The van der Waals surface area contributed by atoms with E-state index in [1.54, 1.807) is 12.1 Å². The lowest BCUT2D eigenvalue weighted by Crippen LogP contribution is -2.24. The molecule has 110 valence electrons. The van der Waals surface area contributed by atoms with E-state index in [4.69, 9.17) is 4.42 Å². The first-order chi connectivity index (χ1) is 10.1. The Kier molecular flexibility index (Phi) is 3.88. The van der Waals surface area contributed by atoms with Crippen molar-refractivity contribution < 1.29 is 17.8 Å². The fourth-order valence-corrected chi connectivity index (χ4v) is 2.88. The van der Waals surface area contributed by atoms with Crippen molar-refractivity contribution in [1.29, 1.82) is 0 Å². The zero-order chi connectivity index (χ0) is 14.8. The van der Waals surface area contributed by atoms with Gasteiger partial charge in [-0.3, -0.25) is 9.00 Å². The molecule has 1 N–H and O–H groups in total.